The minimum Gasteiger partial charge on any atom is -0.462 e. The smallest absolute Gasteiger partial charge is 0.306 e. The Kier molecular flexibility index (Phi) is 49.6. The van der Waals surface area contributed by atoms with E-state index >= 15 is 0 Å². The molecular formula is C59H92O5. The van der Waals surface area contributed by atoms with E-state index in [1.807, 2.05) is 0 Å². The van der Waals surface area contributed by atoms with Gasteiger partial charge < -0.3 is 14.6 Å². The Morgan fingerprint density at radius 2 is 0.672 bits per heavy atom. The van der Waals surface area contributed by atoms with Crippen molar-refractivity contribution in [3.63, 3.8) is 0 Å². The van der Waals surface area contributed by atoms with Crippen LogP contribution in [0.15, 0.2) is 146 Å². The topological polar surface area (TPSA) is 72.8 Å². The van der Waals surface area contributed by atoms with Crippen LogP contribution >= 0.6 is 0 Å². The number of esters is 2. The Balaban J connectivity index is 3.71. The lowest BCUT2D eigenvalue weighted by Gasteiger charge is -2.15. The average molecular weight is 881 g/mol. The van der Waals surface area contributed by atoms with Gasteiger partial charge in [0.15, 0.2) is 6.10 Å². The van der Waals surface area contributed by atoms with Gasteiger partial charge in [0.1, 0.15) is 6.61 Å². The number of rotatable bonds is 44. The van der Waals surface area contributed by atoms with E-state index in [0.717, 1.165) is 122 Å². The predicted octanol–water partition coefficient (Wildman–Crippen LogP) is 17.1. The summed E-state index contributed by atoms with van der Waals surface area (Å²) in [5.41, 5.74) is 0. The number of carbonyl (C=O) groups is 2. The molecule has 5 heteroatoms. The molecule has 0 aliphatic rings. The Morgan fingerprint density at radius 3 is 1.03 bits per heavy atom. The molecule has 0 amide bonds. The quantitative estimate of drug-likeness (QED) is 0.0375. The molecule has 358 valence electrons. The second-order valence-electron chi connectivity index (χ2n) is 16.2. The SMILES string of the molecule is CC/C=C\C/C=C\C/C=C\C/C=C\C/C=C\C/C=C\C/C=C\C/C=C\C/C=C\CCCCCC(=O)OC(CO)COC(=O)CCCCCCCC/C=C\C/C=C\C/C=C\CCCCC. The van der Waals surface area contributed by atoms with E-state index < -0.39 is 6.10 Å². The zero-order chi connectivity index (χ0) is 46.3. The summed E-state index contributed by atoms with van der Waals surface area (Å²) < 4.78 is 10.6. The van der Waals surface area contributed by atoms with Gasteiger partial charge in [-0.15, -0.1) is 0 Å². The zero-order valence-electron chi connectivity index (χ0n) is 40.7. The molecule has 0 aromatic carbocycles. The number of ether oxygens (including phenoxy) is 2. The lowest BCUT2D eigenvalue weighted by molar-refractivity contribution is -0.161. The molecule has 1 unspecified atom stereocenters. The minimum atomic E-state index is -0.808. The summed E-state index contributed by atoms with van der Waals surface area (Å²) in [6.45, 7) is 3.94. The van der Waals surface area contributed by atoms with Gasteiger partial charge in [-0.2, -0.15) is 0 Å². The highest BCUT2D eigenvalue weighted by Crippen LogP contribution is 2.11. The summed E-state index contributed by atoms with van der Waals surface area (Å²) in [5.74, 6) is -0.657. The molecule has 0 saturated carbocycles. The summed E-state index contributed by atoms with van der Waals surface area (Å²) in [6.07, 6.45) is 80.7. The first-order valence-corrected chi connectivity index (χ1v) is 25.4. The maximum atomic E-state index is 12.3. The van der Waals surface area contributed by atoms with Gasteiger partial charge in [-0.3, -0.25) is 9.59 Å². The van der Waals surface area contributed by atoms with Crippen molar-refractivity contribution in [3.8, 4) is 0 Å². The molecule has 0 bridgehead atoms. The molecular weight excluding hydrogens is 789 g/mol. The molecule has 5 nitrogen and oxygen atoms in total. The van der Waals surface area contributed by atoms with Gasteiger partial charge >= 0.3 is 11.9 Å². The van der Waals surface area contributed by atoms with Crippen molar-refractivity contribution in [3.05, 3.63) is 146 Å². The second kappa shape index (κ2) is 53.1. The molecule has 0 spiro atoms. The molecule has 1 N–H and O–H groups in total. The van der Waals surface area contributed by atoms with Crippen LogP contribution in [-0.2, 0) is 19.1 Å². The number of hydrogen-bond acceptors (Lipinski definition) is 5. The highest BCUT2D eigenvalue weighted by Gasteiger charge is 2.16. The molecule has 0 aliphatic carbocycles. The first-order chi connectivity index (χ1) is 31.6. The Morgan fingerprint density at radius 1 is 0.375 bits per heavy atom. The fraction of sp³-hybridized carbons (Fsp3) is 0.559. The number of aliphatic hydroxyl groups is 1. The fourth-order valence-electron chi connectivity index (χ4n) is 6.32. The lowest BCUT2D eigenvalue weighted by atomic mass is 10.1. The largest absolute Gasteiger partial charge is 0.462 e. The van der Waals surface area contributed by atoms with E-state index in [2.05, 4.69) is 160 Å². The van der Waals surface area contributed by atoms with Crippen molar-refractivity contribution < 1.29 is 24.2 Å². The third-order valence-corrected chi connectivity index (χ3v) is 10.1. The van der Waals surface area contributed by atoms with Crippen LogP contribution in [0.1, 0.15) is 194 Å². The maximum Gasteiger partial charge on any atom is 0.306 e. The van der Waals surface area contributed by atoms with E-state index in [0.29, 0.717) is 12.8 Å². The zero-order valence-corrected chi connectivity index (χ0v) is 40.7. The van der Waals surface area contributed by atoms with Crippen LogP contribution < -0.4 is 0 Å². The number of carbonyl (C=O) groups excluding carboxylic acids is 2. The third kappa shape index (κ3) is 50.4. The fourth-order valence-corrected chi connectivity index (χ4v) is 6.32. The van der Waals surface area contributed by atoms with Gasteiger partial charge in [-0.05, 0) is 122 Å². The predicted molar refractivity (Wildman–Crippen MR) is 278 cm³/mol. The van der Waals surface area contributed by atoms with Gasteiger partial charge in [0.2, 0.25) is 0 Å². The summed E-state index contributed by atoms with van der Waals surface area (Å²) in [7, 11) is 0. The highest BCUT2D eigenvalue weighted by molar-refractivity contribution is 5.70. The van der Waals surface area contributed by atoms with E-state index in [9.17, 15) is 14.7 Å². The van der Waals surface area contributed by atoms with Crippen molar-refractivity contribution in [1.29, 1.82) is 0 Å². The summed E-state index contributed by atoms with van der Waals surface area (Å²) in [6, 6.07) is 0. The van der Waals surface area contributed by atoms with Crippen LogP contribution in [0.2, 0.25) is 0 Å². The number of aliphatic hydroxyl groups excluding tert-OH is 1. The van der Waals surface area contributed by atoms with E-state index in [4.69, 9.17) is 9.47 Å². The normalized spacial score (nSPS) is 13.5. The molecule has 0 fully saturated rings. The monoisotopic (exact) mass is 881 g/mol. The third-order valence-electron chi connectivity index (χ3n) is 10.1. The minimum absolute atomic E-state index is 0.0968. The van der Waals surface area contributed by atoms with Gasteiger partial charge in [0.05, 0.1) is 6.61 Å². The Hall–Kier alpha value is -4.22. The average Bonchev–Trinajstić information content (AvgIpc) is 3.30. The van der Waals surface area contributed by atoms with Crippen LogP contribution in [0, 0.1) is 0 Å². The van der Waals surface area contributed by atoms with Crippen LogP contribution in [0.3, 0.4) is 0 Å². The Labute approximate surface area is 393 Å². The number of allylic oxidation sites excluding steroid dienone is 24. The van der Waals surface area contributed by atoms with Crippen molar-refractivity contribution in [2.75, 3.05) is 13.2 Å². The summed E-state index contributed by atoms with van der Waals surface area (Å²) in [5, 5.41) is 9.62. The first-order valence-electron chi connectivity index (χ1n) is 25.4. The van der Waals surface area contributed by atoms with Crippen LogP contribution in [-0.4, -0.2) is 36.4 Å². The van der Waals surface area contributed by atoms with Gasteiger partial charge in [-0.1, -0.05) is 205 Å². The summed E-state index contributed by atoms with van der Waals surface area (Å²) in [4.78, 5) is 24.4. The van der Waals surface area contributed by atoms with Crippen LogP contribution in [0.25, 0.3) is 0 Å². The van der Waals surface area contributed by atoms with E-state index in [1.54, 1.807) is 0 Å². The van der Waals surface area contributed by atoms with Crippen molar-refractivity contribution in [2.45, 2.75) is 200 Å². The van der Waals surface area contributed by atoms with Crippen molar-refractivity contribution in [1.82, 2.24) is 0 Å². The van der Waals surface area contributed by atoms with Gasteiger partial charge in [-0.25, -0.2) is 0 Å². The molecule has 0 saturated heterocycles. The molecule has 0 aromatic rings. The molecule has 1 atom stereocenters. The molecule has 0 rings (SSSR count). The Bertz CT molecular complexity index is 1410. The second-order valence-corrected chi connectivity index (χ2v) is 16.2. The van der Waals surface area contributed by atoms with Gasteiger partial charge in [0.25, 0.3) is 0 Å². The molecule has 0 radical (unpaired) electrons. The maximum absolute atomic E-state index is 12.3. The van der Waals surface area contributed by atoms with E-state index in [1.165, 1.54) is 44.9 Å². The molecule has 0 aromatic heterocycles. The lowest BCUT2D eigenvalue weighted by Crippen LogP contribution is -2.28. The molecule has 0 heterocycles. The summed E-state index contributed by atoms with van der Waals surface area (Å²) >= 11 is 0. The standard InChI is InChI=1S/C59H92O5/c1-3-5-7-9-11-13-15-17-19-21-23-24-25-26-27-28-29-30-31-32-33-34-36-38-40-42-44-46-48-50-52-54-59(62)64-57(55-60)56-63-58(61)53-51-49-47-45-43-41-39-37-35-22-20-18-16-14-12-10-8-6-4-2/h5,7,11-14,17-20,23-24,26-27,29-30,32-33,35-38,42,44,57,60H,3-4,6,8-10,15-16,21-22,25,28,31,34,39-41,43,45-56H2,1-2H3/b7-5-,13-11-,14-12-,19-17-,20-18-,24-23-,27-26-,30-29-,33-32-,37-35-,38-36-,44-42-. The van der Waals surface area contributed by atoms with Gasteiger partial charge in [0, 0.05) is 12.8 Å². The number of hydrogen-bond donors (Lipinski definition) is 1. The molecule has 0 aliphatic heterocycles. The first kappa shape index (κ1) is 59.8. The van der Waals surface area contributed by atoms with Crippen LogP contribution in [0.4, 0.5) is 0 Å². The van der Waals surface area contributed by atoms with Crippen molar-refractivity contribution >= 4 is 11.9 Å². The highest BCUT2D eigenvalue weighted by atomic mass is 16.6. The number of unbranched alkanes of at least 4 members (excludes halogenated alkanes) is 12. The van der Waals surface area contributed by atoms with E-state index in [-0.39, 0.29) is 25.2 Å². The molecule has 64 heavy (non-hydrogen) atoms. The van der Waals surface area contributed by atoms with Crippen molar-refractivity contribution in [2.24, 2.45) is 0 Å². The van der Waals surface area contributed by atoms with Crippen LogP contribution in [0.5, 0.6) is 0 Å².